The van der Waals surface area contributed by atoms with Gasteiger partial charge >= 0.3 is 0 Å². The number of methoxy groups -OCH3 is 1. The van der Waals surface area contributed by atoms with E-state index in [0.29, 0.717) is 23.7 Å². The van der Waals surface area contributed by atoms with Gasteiger partial charge in [0, 0.05) is 30.8 Å². The first kappa shape index (κ1) is 18.6. The number of halogens is 2. The minimum atomic E-state index is -1.47. The third kappa shape index (κ3) is 3.82. The number of anilines is 1. The Morgan fingerprint density at radius 1 is 1.46 bits per heavy atom. The van der Waals surface area contributed by atoms with Gasteiger partial charge in [0.15, 0.2) is 11.6 Å². The summed E-state index contributed by atoms with van der Waals surface area (Å²) in [6, 6.07) is 6.75. The summed E-state index contributed by atoms with van der Waals surface area (Å²) < 4.78 is 24.0. The Balaban J connectivity index is 1.94. The number of nitrogens with zero attached hydrogens (tertiary/aromatic N) is 2. The monoisotopic (exact) mass is 383 g/mol. The van der Waals surface area contributed by atoms with Crippen LogP contribution in [0.25, 0.3) is 11.3 Å². The first-order valence-electron chi connectivity index (χ1n) is 8.11. The minimum Gasteiger partial charge on any atom is -0.388 e. The van der Waals surface area contributed by atoms with Crippen LogP contribution < -0.4 is 5.32 Å². The molecule has 1 aliphatic heterocycles. The van der Waals surface area contributed by atoms with E-state index in [2.05, 4.69) is 10.5 Å². The molecule has 1 amide bonds. The van der Waals surface area contributed by atoms with Crippen LogP contribution in [0.3, 0.4) is 0 Å². The molecule has 140 valence electrons. The zero-order chi connectivity index (χ0) is 18.7. The predicted molar refractivity (Wildman–Crippen MR) is 94.1 cm³/mol. The molecule has 1 aromatic heterocycles. The topological polar surface area (TPSA) is 87.8 Å². The molecule has 1 fully saturated rings. The van der Waals surface area contributed by atoms with Crippen LogP contribution in [0.4, 0.5) is 10.2 Å². The van der Waals surface area contributed by atoms with Gasteiger partial charge in [0.2, 0.25) is 0 Å². The fourth-order valence-corrected chi connectivity index (χ4v) is 2.88. The summed E-state index contributed by atoms with van der Waals surface area (Å²) >= 11 is 5.91. The normalized spacial score (nSPS) is 19.8. The highest BCUT2D eigenvalue weighted by Gasteiger charge is 2.37. The van der Waals surface area contributed by atoms with E-state index in [4.69, 9.17) is 20.9 Å². The number of aliphatic hydroxyl groups excluding tert-OH is 1. The number of nitrogens with one attached hydrogen (secondary N) is 1. The van der Waals surface area contributed by atoms with E-state index >= 15 is 0 Å². The maximum Gasteiger partial charge on any atom is 0.261 e. The number of carbonyl (C=O) groups excluding carboxylic acids is 1. The molecule has 0 unspecified atom stereocenters. The first-order chi connectivity index (χ1) is 12.5. The second kappa shape index (κ2) is 8.03. The van der Waals surface area contributed by atoms with Gasteiger partial charge in [0.1, 0.15) is 17.8 Å². The predicted octanol–water partition coefficient (Wildman–Crippen LogP) is 2.21. The summed E-state index contributed by atoms with van der Waals surface area (Å²) in [4.78, 5) is 14.2. The van der Waals surface area contributed by atoms with Crippen LogP contribution in [0.2, 0.25) is 5.02 Å². The fraction of sp³-hybridized carbons (Fsp3) is 0.412. The summed E-state index contributed by atoms with van der Waals surface area (Å²) in [5.41, 5.74) is 0.798. The SMILES string of the molecule is COCCNc1noc(-c2ccc(Cl)cc2)c1C(=O)N1C[C@@H](O)[C@H](F)C1. The zero-order valence-corrected chi connectivity index (χ0v) is 14.9. The maximum atomic E-state index is 13.7. The van der Waals surface area contributed by atoms with Crippen molar-refractivity contribution in [1.82, 2.24) is 10.1 Å². The number of alkyl halides is 1. The molecular weight excluding hydrogens is 365 g/mol. The van der Waals surface area contributed by atoms with Gasteiger partial charge in [-0.2, -0.15) is 0 Å². The van der Waals surface area contributed by atoms with E-state index in [1.807, 2.05) is 0 Å². The number of ether oxygens (including phenoxy) is 1. The first-order valence-corrected chi connectivity index (χ1v) is 8.49. The molecule has 1 saturated heterocycles. The van der Waals surface area contributed by atoms with Crippen molar-refractivity contribution < 1.29 is 23.6 Å². The van der Waals surface area contributed by atoms with Gasteiger partial charge in [-0.05, 0) is 24.3 Å². The Morgan fingerprint density at radius 2 is 2.19 bits per heavy atom. The smallest absolute Gasteiger partial charge is 0.261 e. The number of likely N-dealkylation sites (tertiary alicyclic amines) is 1. The van der Waals surface area contributed by atoms with E-state index in [0.717, 1.165) is 0 Å². The number of hydrogen-bond donors (Lipinski definition) is 2. The van der Waals surface area contributed by atoms with Crippen LogP contribution in [-0.2, 0) is 4.74 Å². The number of carbonyl (C=O) groups is 1. The van der Waals surface area contributed by atoms with E-state index in [-0.39, 0.29) is 30.2 Å². The van der Waals surface area contributed by atoms with Crippen molar-refractivity contribution in [2.24, 2.45) is 0 Å². The molecule has 0 saturated carbocycles. The molecular formula is C17H19ClFN3O4. The molecule has 2 N–H and O–H groups in total. The molecule has 2 heterocycles. The van der Waals surface area contributed by atoms with Gasteiger partial charge in [-0.25, -0.2) is 4.39 Å². The van der Waals surface area contributed by atoms with Gasteiger partial charge < -0.3 is 24.6 Å². The quantitative estimate of drug-likeness (QED) is 0.744. The number of hydrogen-bond acceptors (Lipinski definition) is 6. The fourth-order valence-electron chi connectivity index (χ4n) is 2.75. The largest absolute Gasteiger partial charge is 0.388 e. The third-order valence-electron chi connectivity index (χ3n) is 4.12. The molecule has 7 nitrogen and oxygen atoms in total. The number of aromatic nitrogens is 1. The number of amides is 1. The van der Waals surface area contributed by atoms with Gasteiger partial charge in [-0.3, -0.25) is 4.79 Å². The van der Waals surface area contributed by atoms with E-state index in [1.54, 1.807) is 31.4 Å². The van der Waals surface area contributed by atoms with Gasteiger partial charge in [-0.15, -0.1) is 0 Å². The Morgan fingerprint density at radius 3 is 2.81 bits per heavy atom. The molecule has 2 atom stereocenters. The number of β-amino-alcohol motifs (C(OH)–C–C–N with tert-alkyl or cyclic N) is 1. The van der Waals surface area contributed by atoms with E-state index in [1.165, 1.54) is 4.90 Å². The van der Waals surface area contributed by atoms with Crippen LogP contribution in [0, 0.1) is 0 Å². The molecule has 3 rings (SSSR count). The van der Waals surface area contributed by atoms with Gasteiger partial charge in [0.25, 0.3) is 5.91 Å². The molecule has 0 aliphatic carbocycles. The maximum absolute atomic E-state index is 13.7. The average Bonchev–Trinajstić information content (AvgIpc) is 3.19. The summed E-state index contributed by atoms with van der Waals surface area (Å²) in [6.45, 7) is 0.564. The van der Waals surface area contributed by atoms with Crippen LogP contribution in [0.5, 0.6) is 0 Å². The lowest BCUT2D eigenvalue weighted by molar-refractivity contribution is 0.0765. The molecule has 0 bridgehead atoms. The molecule has 9 heteroatoms. The molecule has 1 aromatic carbocycles. The van der Waals surface area contributed by atoms with Crippen LogP contribution in [0.1, 0.15) is 10.4 Å². The number of rotatable bonds is 6. The van der Waals surface area contributed by atoms with E-state index < -0.39 is 18.2 Å². The van der Waals surface area contributed by atoms with Crippen LogP contribution >= 0.6 is 11.6 Å². The second-order valence-electron chi connectivity index (χ2n) is 5.96. The Hall–Kier alpha value is -2.16. The minimum absolute atomic E-state index is 0.0806. The standard InChI is InChI=1S/C17H19ClFN3O4/c1-25-7-6-20-16-14(17(24)22-8-12(19)13(23)9-22)15(26-21-16)10-2-4-11(18)5-3-10/h2-5,12-13,23H,6-9H2,1H3,(H,20,21)/t12-,13-/m1/s1. The van der Waals surface area contributed by atoms with Crippen molar-refractivity contribution >= 4 is 23.3 Å². The molecule has 2 aromatic rings. The summed E-state index contributed by atoms with van der Waals surface area (Å²) in [7, 11) is 1.56. The second-order valence-corrected chi connectivity index (χ2v) is 6.39. The van der Waals surface area contributed by atoms with E-state index in [9.17, 15) is 14.3 Å². The molecule has 1 aliphatic rings. The lowest BCUT2D eigenvalue weighted by Gasteiger charge is -2.16. The van der Waals surface area contributed by atoms with Crippen molar-refractivity contribution in [3.05, 3.63) is 34.9 Å². The molecule has 0 radical (unpaired) electrons. The highest BCUT2D eigenvalue weighted by Crippen LogP contribution is 2.32. The van der Waals surface area contributed by atoms with Crippen LogP contribution in [-0.4, -0.2) is 66.7 Å². The van der Waals surface area contributed by atoms with Gasteiger partial charge in [0.05, 0.1) is 13.2 Å². The highest BCUT2D eigenvalue weighted by molar-refractivity contribution is 6.30. The molecule has 26 heavy (non-hydrogen) atoms. The Bertz CT molecular complexity index is 758. The van der Waals surface area contributed by atoms with Gasteiger partial charge in [-0.1, -0.05) is 16.8 Å². The van der Waals surface area contributed by atoms with Crippen molar-refractivity contribution in [2.45, 2.75) is 12.3 Å². The van der Waals surface area contributed by atoms with Crippen molar-refractivity contribution in [3.8, 4) is 11.3 Å². The van der Waals surface area contributed by atoms with Crippen molar-refractivity contribution in [2.75, 3.05) is 38.7 Å². The van der Waals surface area contributed by atoms with Crippen molar-refractivity contribution in [1.29, 1.82) is 0 Å². The Labute approximate surface area is 154 Å². The summed E-state index contributed by atoms with van der Waals surface area (Å²) in [5.74, 6) is 0.0347. The number of benzene rings is 1. The molecule has 0 spiro atoms. The third-order valence-corrected chi connectivity index (χ3v) is 4.37. The zero-order valence-electron chi connectivity index (χ0n) is 14.1. The summed E-state index contributed by atoms with van der Waals surface area (Å²) in [5, 5.41) is 17.1. The lowest BCUT2D eigenvalue weighted by atomic mass is 10.1. The van der Waals surface area contributed by atoms with Crippen LogP contribution in [0.15, 0.2) is 28.8 Å². The van der Waals surface area contributed by atoms with Crippen molar-refractivity contribution in [3.63, 3.8) is 0 Å². The summed E-state index contributed by atoms with van der Waals surface area (Å²) in [6.07, 6.45) is -2.66. The Kier molecular flexibility index (Phi) is 5.75. The average molecular weight is 384 g/mol. The highest BCUT2D eigenvalue weighted by atomic mass is 35.5. The lowest BCUT2D eigenvalue weighted by Crippen LogP contribution is -2.30. The number of aliphatic hydroxyl groups is 1.